The van der Waals surface area contributed by atoms with Gasteiger partial charge in [-0.3, -0.25) is 4.57 Å². The molecule has 0 saturated heterocycles. The second-order valence-electron chi connectivity index (χ2n) is 5.74. The summed E-state index contributed by atoms with van der Waals surface area (Å²) in [5.41, 5.74) is 0.696. The number of carboxylic acid groups (broad SMARTS) is 1. The van der Waals surface area contributed by atoms with E-state index in [2.05, 4.69) is 0 Å². The Morgan fingerprint density at radius 3 is 2.26 bits per heavy atom. The highest BCUT2D eigenvalue weighted by Gasteiger charge is 2.29. The molecule has 0 aliphatic rings. The third kappa shape index (κ3) is 3.18. The summed E-state index contributed by atoms with van der Waals surface area (Å²) in [7, 11) is 0. The summed E-state index contributed by atoms with van der Waals surface area (Å²) >= 11 is 0. The van der Waals surface area contributed by atoms with Crippen LogP contribution in [-0.2, 0) is 11.2 Å². The molecule has 1 unspecified atom stereocenters. The van der Waals surface area contributed by atoms with Crippen molar-refractivity contribution in [1.82, 2.24) is 4.57 Å². The van der Waals surface area contributed by atoms with Crippen molar-refractivity contribution in [1.29, 1.82) is 0 Å². The molecule has 0 bridgehead atoms. The maximum atomic E-state index is 11.4. The number of hydrogen-bond acceptors (Lipinski definition) is 5. The summed E-state index contributed by atoms with van der Waals surface area (Å²) in [4.78, 5) is 11.4. The minimum absolute atomic E-state index is 0.0724. The predicted molar refractivity (Wildman–Crippen MR) is 81.9 cm³/mol. The first-order valence-corrected chi connectivity index (χ1v) is 7.08. The smallest absolute Gasteiger partial charge is 0.327 e. The molecule has 7 heteroatoms. The van der Waals surface area contributed by atoms with Gasteiger partial charge >= 0.3 is 5.97 Å². The van der Waals surface area contributed by atoms with Crippen molar-refractivity contribution in [3.8, 4) is 23.3 Å². The lowest BCUT2D eigenvalue weighted by atomic mass is 10.0. The van der Waals surface area contributed by atoms with Crippen LogP contribution in [0, 0.1) is 5.92 Å². The number of aromatic hydroxyl groups is 4. The van der Waals surface area contributed by atoms with E-state index in [4.69, 9.17) is 0 Å². The monoisotopic (exact) mass is 321 g/mol. The first-order chi connectivity index (χ1) is 10.7. The molecular weight excluding hydrogens is 302 g/mol. The highest BCUT2D eigenvalue weighted by atomic mass is 16.4. The molecule has 2 rings (SSSR count). The van der Waals surface area contributed by atoms with Crippen molar-refractivity contribution in [2.24, 2.45) is 5.92 Å². The largest absolute Gasteiger partial charge is 0.508 e. The number of aromatic nitrogens is 1. The zero-order valence-corrected chi connectivity index (χ0v) is 12.8. The second-order valence-corrected chi connectivity index (χ2v) is 5.74. The van der Waals surface area contributed by atoms with Crippen LogP contribution in [-0.4, -0.2) is 36.1 Å². The van der Waals surface area contributed by atoms with E-state index in [0.717, 1.165) is 10.6 Å². The summed E-state index contributed by atoms with van der Waals surface area (Å²) in [6, 6.07) is 4.18. The van der Waals surface area contributed by atoms with E-state index in [9.17, 15) is 30.3 Å². The molecule has 5 N–H and O–H groups in total. The Balaban J connectivity index is 2.43. The zero-order chi connectivity index (χ0) is 17.3. The summed E-state index contributed by atoms with van der Waals surface area (Å²) in [6.45, 7) is 3.34. The van der Waals surface area contributed by atoms with Crippen molar-refractivity contribution in [3.63, 3.8) is 0 Å². The molecule has 0 spiro atoms. The number of carboxylic acids is 1. The van der Waals surface area contributed by atoms with Crippen molar-refractivity contribution in [2.75, 3.05) is 0 Å². The van der Waals surface area contributed by atoms with Gasteiger partial charge < -0.3 is 25.5 Å². The second kappa shape index (κ2) is 6.12. The molecule has 1 aromatic heterocycles. The van der Waals surface area contributed by atoms with Crippen molar-refractivity contribution >= 4 is 5.97 Å². The highest BCUT2D eigenvalue weighted by molar-refractivity contribution is 5.73. The standard InChI is InChI=1S/C16H19NO6/c1-8(2)14(16(22)23)17-13(20)6-10(15(17)21)5-9-3-4-11(18)7-12(9)19/h3-4,6-8,14,18-21H,5H2,1-2H3,(H,22,23). The summed E-state index contributed by atoms with van der Waals surface area (Å²) in [6.07, 6.45) is 0.0724. The summed E-state index contributed by atoms with van der Waals surface area (Å²) < 4.78 is 0.958. The zero-order valence-electron chi connectivity index (χ0n) is 12.8. The lowest BCUT2D eigenvalue weighted by molar-refractivity contribution is -0.142. The van der Waals surface area contributed by atoms with Gasteiger partial charge in [-0.1, -0.05) is 19.9 Å². The van der Waals surface area contributed by atoms with Crippen LogP contribution in [0.3, 0.4) is 0 Å². The van der Waals surface area contributed by atoms with E-state index < -0.39 is 12.0 Å². The van der Waals surface area contributed by atoms with Crippen molar-refractivity contribution in [2.45, 2.75) is 26.3 Å². The number of benzene rings is 1. The first-order valence-electron chi connectivity index (χ1n) is 7.08. The number of rotatable bonds is 5. The Bertz CT molecular complexity index is 734. The van der Waals surface area contributed by atoms with Gasteiger partial charge in [0.2, 0.25) is 0 Å². The molecule has 0 fully saturated rings. The van der Waals surface area contributed by atoms with E-state index in [-0.39, 0.29) is 41.2 Å². The molecule has 0 saturated carbocycles. The fourth-order valence-electron chi connectivity index (χ4n) is 2.56. The molecule has 0 aliphatic carbocycles. The van der Waals surface area contributed by atoms with Gasteiger partial charge in [-0.05, 0) is 17.5 Å². The maximum absolute atomic E-state index is 11.4. The minimum atomic E-state index is -1.17. The number of hydrogen-bond donors (Lipinski definition) is 5. The van der Waals surface area contributed by atoms with Crippen LogP contribution in [0.4, 0.5) is 0 Å². The van der Waals surface area contributed by atoms with Crippen LogP contribution in [0.25, 0.3) is 0 Å². The minimum Gasteiger partial charge on any atom is -0.508 e. The number of carbonyl (C=O) groups is 1. The lowest BCUT2D eigenvalue weighted by Gasteiger charge is -2.20. The van der Waals surface area contributed by atoms with Crippen LogP contribution < -0.4 is 0 Å². The topological polar surface area (TPSA) is 123 Å². The highest BCUT2D eigenvalue weighted by Crippen LogP contribution is 2.37. The average molecular weight is 321 g/mol. The van der Waals surface area contributed by atoms with Gasteiger partial charge in [-0.2, -0.15) is 0 Å². The maximum Gasteiger partial charge on any atom is 0.327 e. The Labute approximate surface area is 132 Å². The fourth-order valence-corrected chi connectivity index (χ4v) is 2.56. The third-order valence-electron chi connectivity index (χ3n) is 3.68. The molecule has 7 nitrogen and oxygen atoms in total. The van der Waals surface area contributed by atoms with E-state index >= 15 is 0 Å². The number of aliphatic carboxylic acids is 1. The van der Waals surface area contributed by atoms with Gasteiger partial charge in [-0.15, -0.1) is 0 Å². The van der Waals surface area contributed by atoms with Crippen LogP contribution >= 0.6 is 0 Å². The molecule has 23 heavy (non-hydrogen) atoms. The van der Waals surface area contributed by atoms with Crippen LogP contribution in [0.2, 0.25) is 0 Å². The lowest BCUT2D eigenvalue weighted by Crippen LogP contribution is -2.23. The Hall–Kier alpha value is -2.83. The first kappa shape index (κ1) is 16.5. The van der Waals surface area contributed by atoms with E-state index in [0.29, 0.717) is 5.56 Å². The van der Waals surface area contributed by atoms with E-state index in [1.54, 1.807) is 13.8 Å². The fraction of sp³-hybridized carbons (Fsp3) is 0.312. The van der Waals surface area contributed by atoms with E-state index in [1.807, 2.05) is 0 Å². The van der Waals surface area contributed by atoms with Gasteiger partial charge in [-0.25, -0.2) is 4.79 Å². The summed E-state index contributed by atoms with van der Waals surface area (Å²) in [5, 5.41) is 48.7. The molecule has 1 atom stereocenters. The van der Waals surface area contributed by atoms with Gasteiger partial charge in [0.05, 0.1) is 0 Å². The third-order valence-corrected chi connectivity index (χ3v) is 3.68. The average Bonchev–Trinajstić information content (AvgIpc) is 2.69. The SMILES string of the molecule is CC(C)C(C(=O)O)n1c(O)cc(Cc2ccc(O)cc2O)c1O. The molecular formula is C16H19NO6. The number of phenols is 2. The van der Waals surface area contributed by atoms with Crippen LogP contribution in [0.1, 0.15) is 31.0 Å². The van der Waals surface area contributed by atoms with Gasteiger partial charge in [0.15, 0.2) is 11.8 Å². The van der Waals surface area contributed by atoms with Gasteiger partial charge in [0, 0.05) is 24.1 Å². The molecule has 1 aromatic carbocycles. The van der Waals surface area contributed by atoms with Crippen LogP contribution in [0.5, 0.6) is 23.3 Å². The summed E-state index contributed by atoms with van der Waals surface area (Å²) in [5.74, 6) is -2.50. The molecule has 2 aromatic rings. The molecule has 1 heterocycles. The number of phenolic OH excluding ortho intramolecular Hbond substituents is 2. The Morgan fingerprint density at radius 2 is 1.74 bits per heavy atom. The quantitative estimate of drug-likeness (QED) is 0.575. The van der Waals surface area contributed by atoms with E-state index in [1.165, 1.54) is 18.2 Å². The molecule has 0 amide bonds. The predicted octanol–water partition coefficient (Wildman–Crippen LogP) is 2.18. The molecule has 124 valence electrons. The van der Waals surface area contributed by atoms with Crippen molar-refractivity contribution < 1.29 is 30.3 Å². The van der Waals surface area contributed by atoms with Crippen molar-refractivity contribution in [3.05, 3.63) is 35.4 Å². The Morgan fingerprint density at radius 1 is 1.09 bits per heavy atom. The van der Waals surface area contributed by atoms with Crippen LogP contribution in [0.15, 0.2) is 24.3 Å². The Kier molecular flexibility index (Phi) is 4.40. The van der Waals surface area contributed by atoms with Gasteiger partial charge in [0.1, 0.15) is 17.5 Å². The molecule has 0 radical (unpaired) electrons. The molecule has 0 aliphatic heterocycles. The van der Waals surface area contributed by atoms with Gasteiger partial charge in [0.25, 0.3) is 0 Å². The number of nitrogens with zero attached hydrogens (tertiary/aromatic N) is 1. The normalized spacial score (nSPS) is 12.5.